The first-order valence-corrected chi connectivity index (χ1v) is 23.1. The third kappa shape index (κ3) is 22.0. The number of pyridine rings is 2. The minimum atomic E-state index is -0.318. The van der Waals surface area contributed by atoms with E-state index in [9.17, 15) is 9.59 Å². The van der Waals surface area contributed by atoms with E-state index in [1.54, 1.807) is 0 Å². The molecule has 2 aromatic rings. The molecule has 6 nitrogen and oxygen atoms in total. The van der Waals surface area contributed by atoms with Crippen molar-refractivity contribution in [3.8, 4) is 0 Å². The van der Waals surface area contributed by atoms with Gasteiger partial charge in [0, 0.05) is 37.8 Å². The number of carbonyl (C=O) groups excluding carboxylic acids is 2. The van der Waals surface area contributed by atoms with Crippen molar-refractivity contribution in [1.29, 1.82) is 0 Å². The first kappa shape index (κ1) is 47.4. The molecule has 0 unspecified atom stereocenters. The molecule has 0 aliphatic carbocycles. The van der Waals surface area contributed by atoms with Crippen molar-refractivity contribution in [3.05, 3.63) is 59.2 Å². The van der Waals surface area contributed by atoms with E-state index < -0.39 is 0 Å². The molecule has 0 bridgehead atoms. The number of amides is 2. The Morgan fingerprint density at radius 1 is 0.407 bits per heavy atom. The van der Waals surface area contributed by atoms with E-state index >= 15 is 0 Å². The Balaban J connectivity index is 1.66. The molecular formula is C48H84N4O2+2. The molecule has 0 fully saturated rings. The summed E-state index contributed by atoms with van der Waals surface area (Å²) in [5.74, 6) is -0.636. The van der Waals surface area contributed by atoms with Gasteiger partial charge in [-0.25, -0.2) is 9.13 Å². The van der Waals surface area contributed by atoms with Crippen LogP contribution in [0, 0.1) is 0 Å². The molecular weight excluding hydrogens is 665 g/mol. The van der Waals surface area contributed by atoms with Crippen LogP contribution in [-0.4, -0.2) is 11.8 Å². The second-order valence-corrected chi connectivity index (χ2v) is 16.3. The van der Waals surface area contributed by atoms with Gasteiger partial charge >= 0.3 is 0 Å². The van der Waals surface area contributed by atoms with Crippen LogP contribution in [0.5, 0.6) is 0 Å². The first-order chi connectivity index (χ1) is 26.5. The van der Waals surface area contributed by atoms with Crippen LogP contribution in [0.1, 0.15) is 239 Å². The van der Waals surface area contributed by atoms with Crippen LogP contribution in [-0.2, 0) is 25.9 Å². The Morgan fingerprint density at radius 3 is 0.944 bits per heavy atom. The average molecular weight is 749 g/mol. The lowest BCUT2D eigenvalue weighted by Gasteiger charge is -2.09. The summed E-state index contributed by atoms with van der Waals surface area (Å²) in [7, 11) is 0. The average Bonchev–Trinajstić information content (AvgIpc) is 3.17. The van der Waals surface area contributed by atoms with Gasteiger partial charge in [0.05, 0.1) is 0 Å². The maximum Gasteiger partial charge on any atom is 0.255 e. The number of aromatic nitrogens is 2. The highest BCUT2D eigenvalue weighted by Gasteiger charge is 2.20. The fourth-order valence-electron chi connectivity index (χ4n) is 8.13. The van der Waals surface area contributed by atoms with Crippen molar-refractivity contribution in [2.45, 2.75) is 232 Å². The van der Waals surface area contributed by atoms with Crippen LogP contribution in [0.3, 0.4) is 0 Å². The van der Waals surface area contributed by atoms with Gasteiger partial charge in [-0.15, -0.1) is 0 Å². The molecule has 2 heterocycles. The van der Waals surface area contributed by atoms with Gasteiger partial charge in [0.1, 0.15) is 24.2 Å². The summed E-state index contributed by atoms with van der Waals surface area (Å²) in [4.78, 5) is 24.6. The van der Waals surface area contributed by atoms with Gasteiger partial charge in [0.25, 0.3) is 11.8 Å². The summed E-state index contributed by atoms with van der Waals surface area (Å²) in [5, 5.41) is 0. The summed E-state index contributed by atoms with van der Waals surface area (Å²) in [5.41, 5.74) is 15.2. The molecule has 2 aromatic heterocycles. The summed E-state index contributed by atoms with van der Waals surface area (Å²) in [6.07, 6.45) is 45.0. The number of hydrogen-bond acceptors (Lipinski definition) is 2. The Labute approximate surface area is 332 Å². The lowest BCUT2D eigenvalue weighted by molar-refractivity contribution is -0.704. The number of rotatable bonds is 37. The molecule has 4 N–H and O–H groups in total. The summed E-state index contributed by atoms with van der Waals surface area (Å²) in [6, 6.07) is 7.74. The van der Waals surface area contributed by atoms with Crippen LogP contribution in [0.25, 0.3) is 0 Å². The highest BCUT2D eigenvalue weighted by molar-refractivity contribution is 5.93. The van der Waals surface area contributed by atoms with E-state index in [1.165, 1.54) is 154 Å². The van der Waals surface area contributed by atoms with Gasteiger partial charge in [-0.1, -0.05) is 168 Å². The molecule has 2 rings (SSSR count). The van der Waals surface area contributed by atoms with Crippen LogP contribution in [0.4, 0.5) is 0 Å². The number of primary amides is 2. The quantitative estimate of drug-likeness (QED) is 0.0532. The van der Waals surface area contributed by atoms with Gasteiger partial charge < -0.3 is 11.5 Å². The summed E-state index contributed by atoms with van der Waals surface area (Å²) < 4.78 is 4.58. The third-order valence-electron chi connectivity index (χ3n) is 11.5. The van der Waals surface area contributed by atoms with Crippen LogP contribution in [0.2, 0.25) is 0 Å². The van der Waals surface area contributed by atoms with E-state index in [-0.39, 0.29) is 11.8 Å². The van der Waals surface area contributed by atoms with Gasteiger partial charge in [-0.2, -0.15) is 0 Å². The number of hydrogen-bond donors (Lipinski definition) is 2. The highest BCUT2D eigenvalue weighted by atomic mass is 16.1. The Bertz CT molecular complexity index is 1150. The number of unbranched alkanes of at least 4 members (excludes halogenated alkanes) is 27. The highest BCUT2D eigenvalue weighted by Crippen LogP contribution is 2.16. The second-order valence-electron chi connectivity index (χ2n) is 16.3. The molecule has 2 amide bonds. The molecule has 0 aliphatic rings. The molecule has 0 atom stereocenters. The summed E-state index contributed by atoms with van der Waals surface area (Å²) >= 11 is 0. The zero-order chi connectivity index (χ0) is 38.9. The van der Waals surface area contributed by atoms with Crippen LogP contribution in [0.15, 0.2) is 36.7 Å². The van der Waals surface area contributed by atoms with E-state index in [0.29, 0.717) is 11.1 Å². The second kappa shape index (κ2) is 32.5. The standard InChI is InChI=1S/C48H82N4O2/c1-3-5-7-9-11-13-15-17-19-23-27-31-39-51-41-33-35-43(47(49)53)45(51)37-29-25-21-22-26-30-38-46-44(48(50)54)36-34-42-52(46)40-32-28-24-20-18-16-14-12-10-8-6-4-2/h33-36,41-42H,3-32,37-40H2,1-2H3,(H2-2,49,50,53,54)/p+2. The fraction of sp³-hybridized carbons (Fsp3) is 0.750. The molecule has 0 saturated carbocycles. The smallest absolute Gasteiger partial charge is 0.255 e. The Hall–Kier alpha value is -2.76. The number of nitrogens with zero attached hydrogens (tertiary/aromatic N) is 2. The fourth-order valence-corrected chi connectivity index (χ4v) is 8.13. The molecule has 0 aromatic carbocycles. The zero-order valence-electron chi connectivity index (χ0n) is 35.4. The lowest BCUT2D eigenvalue weighted by atomic mass is 10.0. The van der Waals surface area contributed by atoms with Crippen molar-refractivity contribution in [2.75, 3.05) is 0 Å². The topological polar surface area (TPSA) is 93.9 Å². The van der Waals surface area contributed by atoms with Gasteiger partial charge in [0.2, 0.25) is 0 Å². The predicted octanol–water partition coefficient (Wildman–Crippen LogP) is 12.0. The minimum Gasteiger partial charge on any atom is -0.365 e. The van der Waals surface area contributed by atoms with Crippen molar-refractivity contribution < 1.29 is 18.7 Å². The predicted molar refractivity (Wildman–Crippen MR) is 228 cm³/mol. The van der Waals surface area contributed by atoms with Crippen molar-refractivity contribution >= 4 is 11.8 Å². The summed E-state index contributed by atoms with van der Waals surface area (Å²) in [6.45, 7) is 6.48. The number of aryl methyl sites for hydroxylation is 2. The molecule has 0 aliphatic heterocycles. The maximum absolute atomic E-state index is 12.3. The Kier molecular flexibility index (Phi) is 28.5. The Morgan fingerprint density at radius 2 is 0.667 bits per heavy atom. The van der Waals surface area contributed by atoms with E-state index in [0.717, 1.165) is 75.8 Å². The van der Waals surface area contributed by atoms with Gasteiger partial charge in [0.15, 0.2) is 23.8 Å². The lowest BCUT2D eigenvalue weighted by Crippen LogP contribution is -2.40. The third-order valence-corrected chi connectivity index (χ3v) is 11.5. The molecule has 0 spiro atoms. The molecule has 0 saturated heterocycles. The largest absolute Gasteiger partial charge is 0.365 e. The van der Waals surface area contributed by atoms with Crippen molar-refractivity contribution in [2.24, 2.45) is 11.5 Å². The zero-order valence-corrected chi connectivity index (χ0v) is 35.4. The van der Waals surface area contributed by atoms with Gasteiger partial charge in [-0.3, -0.25) is 9.59 Å². The van der Waals surface area contributed by atoms with Crippen LogP contribution >= 0.6 is 0 Å². The van der Waals surface area contributed by atoms with E-state index in [2.05, 4.69) is 35.4 Å². The van der Waals surface area contributed by atoms with Crippen molar-refractivity contribution in [1.82, 2.24) is 0 Å². The monoisotopic (exact) mass is 749 g/mol. The molecule has 0 radical (unpaired) electrons. The normalized spacial score (nSPS) is 11.4. The molecule has 54 heavy (non-hydrogen) atoms. The van der Waals surface area contributed by atoms with Crippen LogP contribution < -0.4 is 20.6 Å². The maximum atomic E-state index is 12.3. The molecule has 306 valence electrons. The molecule has 6 heteroatoms. The first-order valence-electron chi connectivity index (χ1n) is 23.1. The van der Waals surface area contributed by atoms with E-state index in [1.807, 2.05) is 24.3 Å². The minimum absolute atomic E-state index is 0.318. The van der Waals surface area contributed by atoms with Crippen molar-refractivity contribution in [3.63, 3.8) is 0 Å². The number of carbonyl (C=O) groups is 2. The van der Waals surface area contributed by atoms with E-state index in [4.69, 9.17) is 11.5 Å². The van der Waals surface area contributed by atoms with Gasteiger partial charge in [-0.05, 0) is 37.8 Å². The number of nitrogens with two attached hydrogens (primary N) is 2. The SMILES string of the molecule is CCCCCCCCCCCCCC[n+]1cccc(C(N)=O)c1CCCCCCCCc1c(C(N)=O)ccc[n+]1CCCCCCCCCCCCCC.